The number of aryl methyl sites for hydroxylation is 1. The second-order valence-corrected chi connectivity index (χ2v) is 6.72. The number of alkyl halides is 2. The number of rotatable bonds is 4. The molecule has 0 bridgehead atoms. The van der Waals surface area contributed by atoms with Gasteiger partial charge in [-0.05, 0) is 19.2 Å². The van der Waals surface area contributed by atoms with Crippen LogP contribution in [-0.4, -0.2) is 59.0 Å². The summed E-state index contributed by atoms with van der Waals surface area (Å²) < 4.78 is 32.6. The molecule has 2 aromatic heterocycles. The zero-order valence-electron chi connectivity index (χ0n) is 15.2. The molecule has 142 valence electrons. The van der Waals surface area contributed by atoms with Crippen LogP contribution in [0.3, 0.4) is 0 Å². The predicted octanol–water partition coefficient (Wildman–Crippen LogP) is 2.95. The van der Waals surface area contributed by atoms with Crippen molar-refractivity contribution in [1.29, 1.82) is 0 Å². The maximum atomic E-state index is 12.8. The number of ether oxygens (including phenoxy) is 1. The molecule has 0 spiro atoms. The summed E-state index contributed by atoms with van der Waals surface area (Å²) in [6, 6.07) is 9.91. The molecule has 27 heavy (non-hydrogen) atoms. The Bertz CT molecular complexity index is 943. The van der Waals surface area contributed by atoms with Crippen molar-refractivity contribution < 1.29 is 13.5 Å². The highest BCUT2D eigenvalue weighted by Gasteiger charge is 2.30. The van der Waals surface area contributed by atoms with Gasteiger partial charge in [-0.3, -0.25) is 4.74 Å². The first-order valence-electron chi connectivity index (χ1n) is 8.79. The Morgan fingerprint density at radius 3 is 2.78 bits per heavy atom. The van der Waals surface area contributed by atoms with E-state index in [0.29, 0.717) is 19.0 Å². The summed E-state index contributed by atoms with van der Waals surface area (Å²) >= 11 is 0. The third kappa shape index (κ3) is 3.50. The van der Waals surface area contributed by atoms with E-state index in [1.165, 1.54) is 0 Å². The van der Waals surface area contributed by atoms with Crippen molar-refractivity contribution in [3.05, 3.63) is 42.7 Å². The standard InChI is InChI=1S/C19H21F2N5O/c1-24-9-10-26(17(12-24)27-18(20)21)19-22-8-7-15(23-19)14-11-25(2)16-6-4-3-5-13(14)16/h3-8,11,17-18H,9-10,12H2,1-2H3. The van der Waals surface area contributed by atoms with Crippen molar-refractivity contribution in [2.24, 2.45) is 7.05 Å². The number of hydrogen-bond donors (Lipinski definition) is 0. The monoisotopic (exact) mass is 373 g/mol. The minimum atomic E-state index is -2.84. The molecule has 0 radical (unpaired) electrons. The minimum absolute atomic E-state index is 0.367. The average Bonchev–Trinajstić information content (AvgIpc) is 2.99. The molecule has 0 N–H and O–H groups in total. The lowest BCUT2D eigenvalue weighted by Gasteiger charge is -2.39. The van der Waals surface area contributed by atoms with E-state index in [1.54, 1.807) is 11.1 Å². The number of fused-ring (bicyclic) bond motifs is 1. The zero-order valence-corrected chi connectivity index (χ0v) is 15.2. The van der Waals surface area contributed by atoms with Gasteiger partial charge in [-0.15, -0.1) is 0 Å². The van der Waals surface area contributed by atoms with Crippen molar-refractivity contribution in [3.63, 3.8) is 0 Å². The van der Waals surface area contributed by atoms with Gasteiger partial charge in [0.15, 0.2) is 6.23 Å². The van der Waals surface area contributed by atoms with E-state index in [1.807, 2.05) is 60.1 Å². The van der Waals surface area contributed by atoms with E-state index in [0.717, 1.165) is 28.7 Å². The van der Waals surface area contributed by atoms with Crippen molar-refractivity contribution in [2.75, 3.05) is 31.6 Å². The summed E-state index contributed by atoms with van der Waals surface area (Å²) in [7, 11) is 3.87. The van der Waals surface area contributed by atoms with Crippen molar-refractivity contribution in [3.8, 4) is 11.3 Å². The maximum absolute atomic E-state index is 12.8. The van der Waals surface area contributed by atoms with Gasteiger partial charge < -0.3 is 14.4 Å². The Morgan fingerprint density at radius 1 is 1.15 bits per heavy atom. The molecule has 3 aromatic rings. The maximum Gasteiger partial charge on any atom is 0.347 e. The molecule has 8 heteroatoms. The molecule has 1 saturated heterocycles. The van der Waals surface area contributed by atoms with E-state index in [4.69, 9.17) is 4.74 Å². The number of para-hydroxylation sites is 1. The Kier molecular flexibility index (Phi) is 4.75. The number of likely N-dealkylation sites (N-methyl/N-ethyl adjacent to an activating group) is 1. The number of anilines is 1. The highest BCUT2D eigenvalue weighted by molar-refractivity contribution is 5.95. The fourth-order valence-corrected chi connectivity index (χ4v) is 3.53. The smallest absolute Gasteiger partial charge is 0.347 e. The Hall–Kier alpha value is -2.58. The van der Waals surface area contributed by atoms with Gasteiger partial charge in [0.1, 0.15) is 0 Å². The molecule has 0 aliphatic carbocycles. The third-order valence-corrected chi connectivity index (χ3v) is 4.87. The zero-order chi connectivity index (χ0) is 19.0. The van der Waals surface area contributed by atoms with Gasteiger partial charge in [-0.2, -0.15) is 8.78 Å². The van der Waals surface area contributed by atoms with Crippen LogP contribution < -0.4 is 4.90 Å². The summed E-state index contributed by atoms with van der Waals surface area (Å²) in [6.45, 7) is -1.23. The summed E-state index contributed by atoms with van der Waals surface area (Å²) in [5, 5.41) is 1.09. The molecule has 1 atom stereocenters. The summed E-state index contributed by atoms with van der Waals surface area (Å²) in [6.07, 6.45) is 2.90. The predicted molar refractivity (Wildman–Crippen MR) is 99.7 cm³/mol. The Balaban J connectivity index is 1.71. The number of piperazine rings is 1. The topological polar surface area (TPSA) is 46.4 Å². The van der Waals surface area contributed by atoms with Crippen LogP contribution in [0.2, 0.25) is 0 Å². The van der Waals surface area contributed by atoms with E-state index in [9.17, 15) is 8.78 Å². The molecule has 1 unspecified atom stereocenters. The molecular formula is C19H21F2N5O. The largest absolute Gasteiger partial charge is 0.350 e. The van der Waals surface area contributed by atoms with E-state index in [2.05, 4.69) is 9.97 Å². The van der Waals surface area contributed by atoms with E-state index in [-0.39, 0.29) is 0 Å². The third-order valence-electron chi connectivity index (χ3n) is 4.87. The number of nitrogens with zero attached hydrogens (tertiary/aromatic N) is 5. The molecule has 1 aromatic carbocycles. The van der Waals surface area contributed by atoms with Crippen LogP contribution in [0.4, 0.5) is 14.7 Å². The van der Waals surface area contributed by atoms with Gasteiger partial charge in [-0.1, -0.05) is 18.2 Å². The van der Waals surface area contributed by atoms with E-state index >= 15 is 0 Å². The van der Waals surface area contributed by atoms with E-state index < -0.39 is 12.8 Å². The average molecular weight is 373 g/mol. The van der Waals surface area contributed by atoms with Gasteiger partial charge in [-0.25, -0.2) is 9.97 Å². The molecule has 0 saturated carbocycles. The summed E-state index contributed by atoms with van der Waals surface area (Å²) in [4.78, 5) is 12.7. The molecule has 1 fully saturated rings. The molecule has 4 rings (SSSR count). The second kappa shape index (κ2) is 7.21. The summed E-state index contributed by atoms with van der Waals surface area (Å²) in [5.41, 5.74) is 2.84. The number of hydrogen-bond acceptors (Lipinski definition) is 5. The molecule has 1 aliphatic rings. The normalized spacial score (nSPS) is 18.6. The van der Waals surface area contributed by atoms with Crippen molar-refractivity contribution >= 4 is 16.9 Å². The van der Waals surface area contributed by atoms with Gasteiger partial charge in [0.05, 0.1) is 5.69 Å². The van der Waals surface area contributed by atoms with Crippen LogP contribution in [0.15, 0.2) is 42.7 Å². The lowest BCUT2D eigenvalue weighted by Crippen LogP contribution is -2.54. The van der Waals surface area contributed by atoms with Crippen LogP contribution in [0.25, 0.3) is 22.2 Å². The molecule has 0 amide bonds. The fourth-order valence-electron chi connectivity index (χ4n) is 3.53. The van der Waals surface area contributed by atoms with Gasteiger partial charge >= 0.3 is 6.61 Å². The minimum Gasteiger partial charge on any atom is -0.350 e. The lowest BCUT2D eigenvalue weighted by atomic mass is 10.1. The molecule has 6 nitrogen and oxygen atoms in total. The quantitative estimate of drug-likeness (QED) is 0.704. The van der Waals surface area contributed by atoms with Crippen molar-refractivity contribution in [2.45, 2.75) is 12.8 Å². The number of halogens is 2. The Labute approximate surface area is 156 Å². The van der Waals surface area contributed by atoms with Crippen LogP contribution >= 0.6 is 0 Å². The fraction of sp³-hybridized carbons (Fsp3) is 0.368. The number of aromatic nitrogens is 3. The summed E-state index contributed by atoms with van der Waals surface area (Å²) in [5.74, 6) is 0.402. The highest BCUT2D eigenvalue weighted by Crippen LogP contribution is 2.30. The first-order chi connectivity index (χ1) is 13.0. The van der Waals surface area contributed by atoms with Gasteiger partial charge in [0.2, 0.25) is 5.95 Å². The van der Waals surface area contributed by atoms with Gasteiger partial charge in [0.25, 0.3) is 0 Å². The van der Waals surface area contributed by atoms with Gasteiger partial charge in [0, 0.05) is 55.5 Å². The van der Waals surface area contributed by atoms with Crippen molar-refractivity contribution in [1.82, 2.24) is 19.4 Å². The van der Waals surface area contributed by atoms with Crippen LogP contribution in [0.5, 0.6) is 0 Å². The first-order valence-corrected chi connectivity index (χ1v) is 8.79. The molecule has 3 heterocycles. The Morgan fingerprint density at radius 2 is 1.96 bits per heavy atom. The first kappa shape index (κ1) is 17.8. The molecule has 1 aliphatic heterocycles. The molecular weight excluding hydrogens is 352 g/mol. The second-order valence-electron chi connectivity index (χ2n) is 6.72. The van der Waals surface area contributed by atoms with Crippen LogP contribution in [-0.2, 0) is 11.8 Å². The number of benzene rings is 1. The SMILES string of the molecule is CN1CCN(c2nccc(-c3cn(C)c4ccccc34)n2)C(OC(F)F)C1. The van der Waals surface area contributed by atoms with Crippen LogP contribution in [0, 0.1) is 0 Å². The van der Waals surface area contributed by atoms with Crippen LogP contribution in [0.1, 0.15) is 0 Å². The highest BCUT2D eigenvalue weighted by atomic mass is 19.3. The lowest BCUT2D eigenvalue weighted by molar-refractivity contribution is -0.170.